The molecule has 1 atom stereocenters. The summed E-state index contributed by atoms with van der Waals surface area (Å²) in [6.07, 6.45) is 12.1. The van der Waals surface area contributed by atoms with E-state index >= 15 is 0 Å². The molecule has 0 aliphatic heterocycles. The largest absolute Gasteiger partial charge is 0.271 e. The van der Waals surface area contributed by atoms with Crippen LogP contribution in [0.2, 0.25) is 0 Å². The number of nitrogens with two attached hydrogens (primary N) is 1. The molecule has 3 N–H and O–H groups in total. The lowest BCUT2D eigenvalue weighted by molar-refractivity contribution is 0.451. The van der Waals surface area contributed by atoms with Crippen molar-refractivity contribution in [3.63, 3.8) is 0 Å². The topological polar surface area (TPSA) is 38.0 Å². The van der Waals surface area contributed by atoms with Crippen molar-refractivity contribution in [1.82, 2.24) is 5.43 Å². The highest BCUT2D eigenvalue weighted by Crippen LogP contribution is 2.10. The quantitative estimate of drug-likeness (QED) is 0.322. The summed E-state index contributed by atoms with van der Waals surface area (Å²) in [6, 6.07) is 0.533. The van der Waals surface area contributed by atoms with Gasteiger partial charge in [-0.15, -0.1) is 0 Å². The molecule has 1 unspecified atom stereocenters. The molecule has 0 saturated heterocycles. The van der Waals surface area contributed by atoms with E-state index in [4.69, 9.17) is 5.84 Å². The van der Waals surface area contributed by atoms with Gasteiger partial charge in [-0.2, -0.15) is 0 Å². The smallest absolute Gasteiger partial charge is 0.0207 e. The minimum atomic E-state index is 0.533. The first-order chi connectivity index (χ1) is 6.85. The van der Waals surface area contributed by atoms with E-state index < -0.39 is 0 Å². The summed E-state index contributed by atoms with van der Waals surface area (Å²) >= 11 is 0. The first-order valence-corrected chi connectivity index (χ1v) is 6.31. The van der Waals surface area contributed by atoms with Gasteiger partial charge < -0.3 is 0 Å². The summed E-state index contributed by atoms with van der Waals surface area (Å²) in [7, 11) is 0. The van der Waals surface area contributed by atoms with Crippen LogP contribution >= 0.6 is 0 Å². The van der Waals surface area contributed by atoms with Crippen LogP contribution in [0.25, 0.3) is 0 Å². The fourth-order valence-corrected chi connectivity index (χ4v) is 1.75. The van der Waals surface area contributed by atoms with Gasteiger partial charge in [0, 0.05) is 6.04 Å². The SMILES string of the molecule is CCCCCCCCCC(CC)NN. The summed E-state index contributed by atoms with van der Waals surface area (Å²) in [5.74, 6) is 5.41. The van der Waals surface area contributed by atoms with Crippen LogP contribution in [0.1, 0.15) is 71.6 Å². The van der Waals surface area contributed by atoms with Crippen molar-refractivity contribution < 1.29 is 0 Å². The number of hydrogen-bond acceptors (Lipinski definition) is 2. The fraction of sp³-hybridized carbons (Fsp3) is 1.00. The first kappa shape index (κ1) is 13.9. The van der Waals surface area contributed by atoms with Crippen molar-refractivity contribution in [3.8, 4) is 0 Å². The molecule has 0 amide bonds. The molecule has 0 spiro atoms. The maximum absolute atomic E-state index is 5.41. The average Bonchev–Trinajstić information content (AvgIpc) is 2.22. The second kappa shape index (κ2) is 11.0. The van der Waals surface area contributed by atoms with Gasteiger partial charge in [-0.05, 0) is 12.8 Å². The molecule has 0 saturated carbocycles. The third-order valence-electron chi connectivity index (χ3n) is 2.88. The molecule has 0 aliphatic carbocycles. The molecule has 86 valence electrons. The summed E-state index contributed by atoms with van der Waals surface area (Å²) < 4.78 is 0. The summed E-state index contributed by atoms with van der Waals surface area (Å²) in [5.41, 5.74) is 2.86. The second-order valence-corrected chi connectivity index (χ2v) is 4.18. The zero-order valence-electron chi connectivity index (χ0n) is 10.0. The molecular formula is C12H28N2. The molecule has 0 radical (unpaired) electrons. The molecule has 0 heterocycles. The highest BCUT2D eigenvalue weighted by Gasteiger charge is 2.01. The lowest BCUT2D eigenvalue weighted by atomic mass is 10.0. The third-order valence-corrected chi connectivity index (χ3v) is 2.88. The van der Waals surface area contributed by atoms with Gasteiger partial charge in [0.25, 0.3) is 0 Å². The van der Waals surface area contributed by atoms with E-state index in [1.165, 1.54) is 51.4 Å². The maximum Gasteiger partial charge on any atom is 0.0207 e. The molecule has 0 rings (SSSR count). The van der Waals surface area contributed by atoms with Crippen LogP contribution in [-0.4, -0.2) is 6.04 Å². The third kappa shape index (κ3) is 8.52. The summed E-state index contributed by atoms with van der Waals surface area (Å²) in [5, 5.41) is 0. The fourth-order valence-electron chi connectivity index (χ4n) is 1.75. The van der Waals surface area contributed by atoms with Gasteiger partial charge in [0.15, 0.2) is 0 Å². The lowest BCUT2D eigenvalue weighted by Gasteiger charge is -2.12. The van der Waals surface area contributed by atoms with E-state index in [1.54, 1.807) is 0 Å². The number of rotatable bonds is 10. The average molecular weight is 200 g/mol. The van der Waals surface area contributed by atoms with Crippen molar-refractivity contribution in [1.29, 1.82) is 0 Å². The normalized spacial score (nSPS) is 13.1. The monoisotopic (exact) mass is 200 g/mol. The molecular weight excluding hydrogens is 172 g/mol. The van der Waals surface area contributed by atoms with E-state index in [0.717, 1.165) is 6.42 Å². The van der Waals surface area contributed by atoms with E-state index in [-0.39, 0.29) is 0 Å². The highest BCUT2D eigenvalue weighted by atomic mass is 15.2. The van der Waals surface area contributed by atoms with Gasteiger partial charge in [-0.25, -0.2) is 0 Å². The highest BCUT2D eigenvalue weighted by molar-refractivity contribution is 4.60. The second-order valence-electron chi connectivity index (χ2n) is 4.18. The van der Waals surface area contributed by atoms with E-state index in [2.05, 4.69) is 19.3 Å². The van der Waals surface area contributed by atoms with Crippen LogP contribution in [0.4, 0.5) is 0 Å². The van der Waals surface area contributed by atoms with Gasteiger partial charge in [0.2, 0.25) is 0 Å². The Kier molecular flexibility index (Phi) is 10.9. The van der Waals surface area contributed by atoms with Gasteiger partial charge in [-0.3, -0.25) is 11.3 Å². The van der Waals surface area contributed by atoms with Crippen LogP contribution in [0.5, 0.6) is 0 Å². The molecule has 0 fully saturated rings. The maximum atomic E-state index is 5.41. The van der Waals surface area contributed by atoms with Crippen molar-refractivity contribution in [2.45, 2.75) is 77.7 Å². The Morgan fingerprint density at radius 2 is 1.50 bits per heavy atom. The van der Waals surface area contributed by atoms with Crippen LogP contribution in [0, 0.1) is 0 Å². The van der Waals surface area contributed by atoms with Gasteiger partial charge in [-0.1, -0.05) is 58.8 Å². The molecule has 0 bridgehead atoms. The van der Waals surface area contributed by atoms with Crippen LogP contribution in [0.15, 0.2) is 0 Å². The van der Waals surface area contributed by atoms with Crippen molar-refractivity contribution >= 4 is 0 Å². The Bertz CT molecular complexity index is 100. The number of nitrogens with one attached hydrogen (secondary N) is 1. The molecule has 2 heteroatoms. The van der Waals surface area contributed by atoms with Gasteiger partial charge in [0.05, 0.1) is 0 Å². The van der Waals surface area contributed by atoms with E-state index in [1.807, 2.05) is 0 Å². The van der Waals surface area contributed by atoms with Crippen molar-refractivity contribution in [2.24, 2.45) is 5.84 Å². The Labute approximate surface area is 89.6 Å². The minimum Gasteiger partial charge on any atom is -0.271 e. The van der Waals surface area contributed by atoms with Crippen molar-refractivity contribution in [2.75, 3.05) is 0 Å². The predicted molar refractivity (Wildman–Crippen MR) is 64.0 cm³/mol. The number of unbranched alkanes of at least 4 members (excludes halogenated alkanes) is 6. The first-order valence-electron chi connectivity index (χ1n) is 6.31. The molecule has 0 aromatic rings. The molecule has 14 heavy (non-hydrogen) atoms. The lowest BCUT2D eigenvalue weighted by Crippen LogP contribution is -2.34. The number of hydrazine groups is 1. The summed E-state index contributed by atoms with van der Waals surface area (Å²) in [6.45, 7) is 4.45. The minimum absolute atomic E-state index is 0.533. The summed E-state index contributed by atoms with van der Waals surface area (Å²) in [4.78, 5) is 0. The number of hydrogen-bond donors (Lipinski definition) is 2. The van der Waals surface area contributed by atoms with Crippen molar-refractivity contribution in [3.05, 3.63) is 0 Å². The predicted octanol–water partition coefficient (Wildman–Crippen LogP) is 3.37. The Balaban J connectivity index is 3.04. The van der Waals surface area contributed by atoms with Crippen LogP contribution < -0.4 is 11.3 Å². The Morgan fingerprint density at radius 1 is 0.929 bits per heavy atom. The molecule has 0 aliphatic rings. The molecule has 0 aromatic heterocycles. The Hall–Kier alpha value is -0.0800. The molecule has 2 nitrogen and oxygen atoms in total. The van der Waals surface area contributed by atoms with Crippen LogP contribution in [-0.2, 0) is 0 Å². The van der Waals surface area contributed by atoms with Gasteiger partial charge >= 0.3 is 0 Å². The van der Waals surface area contributed by atoms with E-state index in [0.29, 0.717) is 6.04 Å². The van der Waals surface area contributed by atoms with Crippen LogP contribution in [0.3, 0.4) is 0 Å². The zero-order valence-corrected chi connectivity index (χ0v) is 10.0. The van der Waals surface area contributed by atoms with Gasteiger partial charge in [0.1, 0.15) is 0 Å². The molecule has 0 aromatic carbocycles. The standard InChI is InChI=1S/C12H28N2/c1-3-5-6-7-8-9-10-11-12(4-2)14-13/h12,14H,3-11,13H2,1-2H3. The zero-order chi connectivity index (χ0) is 10.6. The Morgan fingerprint density at radius 3 is 2.00 bits per heavy atom. The van der Waals surface area contributed by atoms with E-state index in [9.17, 15) is 0 Å².